The minimum absolute atomic E-state index is 0.151. The van der Waals surface area contributed by atoms with Gasteiger partial charge in [0.25, 0.3) is 5.56 Å². The fraction of sp³-hybridized carbons (Fsp3) is 0.375. The molecule has 2 aromatic rings. The number of nitrogens with one attached hydrogen (secondary N) is 1. The summed E-state index contributed by atoms with van der Waals surface area (Å²) < 4.78 is 0. The number of hydrogen-bond acceptors (Lipinski definition) is 4. The highest BCUT2D eigenvalue weighted by molar-refractivity contribution is 7.99. The van der Waals surface area contributed by atoms with E-state index in [4.69, 9.17) is 23.2 Å². The maximum absolute atomic E-state index is 12.3. The highest BCUT2D eigenvalue weighted by atomic mass is 35.5. The van der Waals surface area contributed by atoms with Gasteiger partial charge in [-0.3, -0.25) is 4.79 Å². The maximum Gasteiger partial charge on any atom is 0.291 e. The summed E-state index contributed by atoms with van der Waals surface area (Å²) in [6, 6.07) is 5.42. The largest absolute Gasteiger partial charge is 0.351 e. The number of anilines is 1. The third-order valence-electron chi connectivity index (χ3n) is 4.80. The molecule has 1 saturated carbocycles. The van der Waals surface area contributed by atoms with E-state index in [1.54, 1.807) is 12.3 Å². The molecule has 0 radical (unpaired) electrons. The Morgan fingerprint density at radius 2 is 2.04 bits per heavy atom. The van der Waals surface area contributed by atoms with Crippen molar-refractivity contribution in [1.29, 1.82) is 0 Å². The van der Waals surface area contributed by atoms with Gasteiger partial charge in [-0.1, -0.05) is 48.0 Å². The predicted molar refractivity (Wildman–Crippen MR) is 93.8 cm³/mol. The van der Waals surface area contributed by atoms with Crippen molar-refractivity contribution in [3.8, 4) is 0 Å². The Bertz CT molecular complexity index is 813. The molecule has 1 saturated heterocycles. The summed E-state index contributed by atoms with van der Waals surface area (Å²) in [4.78, 5) is 22.5. The number of aromatic amines is 1. The smallest absolute Gasteiger partial charge is 0.291 e. The van der Waals surface area contributed by atoms with Crippen LogP contribution in [-0.4, -0.2) is 23.1 Å². The van der Waals surface area contributed by atoms with Crippen molar-refractivity contribution in [2.24, 2.45) is 17.8 Å². The first kappa shape index (κ1) is 15.4. The quantitative estimate of drug-likeness (QED) is 0.892. The van der Waals surface area contributed by atoms with E-state index in [1.807, 2.05) is 12.1 Å². The summed E-state index contributed by atoms with van der Waals surface area (Å²) >= 11 is 13.5. The number of piperidine rings is 1. The third kappa shape index (κ3) is 2.75. The van der Waals surface area contributed by atoms with Crippen molar-refractivity contribution < 1.29 is 0 Å². The first-order valence-corrected chi connectivity index (χ1v) is 9.08. The Hall–Kier alpha value is -1.17. The van der Waals surface area contributed by atoms with Crippen molar-refractivity contribution in [2.75, 3.05) is 18.0 Å². The molecular weight excluding hydrogens is 353 g/mol. The van der Waals surface area contributed by atoms with E-state index >= 15 is 0 Å². The number of H-pyrrole nitrogens is 1. The molecular formula is C16H15Cl2N3OS. The first-order valence-electron chi connectivity index (χ1n) is 7.50. The van der Waals surface area contributed by atoms with E-state index in [-0.39, 0.29) is 5.56 Å². The monoisotopic (exact) mass is 367 g/mol. The molecule has 1 aliphatic heterocycles. The lowest BCUT2D eigenvalue weighted by atomic mass is 10.3. The molecule has 0 spiro atoms. The van der Waals surface area contributed by atoms with Gasteiger partial charge in [0.2, 0.25) is 0 Å². The standard InChI is InChI=1S/C16H15Cl2N3OS/c1-8-9-6-21(7-10(8)9)15-16(22)20-13(5-19-15)23-12-4-2-3-11(17)14(12)18/h2-5,8-10H,6-7H2,1H3,(H,20,22). The molecule has 0 bridgehead atoms. The minimum Gasteiger partial charge on any atom is -0.351 e. The topological polar surface area (TPSA) is 49.0 Å². The minimum atomic E-state index is -0.151. The highest BCUT2D eigenvalue weighted by Gasteiger charge is 2.53. The second-order valence-electron chi connectivity index (χ2n) is 6.15. The van der Waals surface area contributed by atoms with Crippen LogP contribution in [0.4, 0.5) is 5.82 Å². The second kappa shape index (κ2) is 5.72. The van der Waals surface area contributed by atoms with Gasteiger partial charge in [0.15, 0.2) is 5.82 Å². The SMILES string of the molecule is CC1C2CN(c3ncc(Sc4cccc(Cl)c4Cl)[nH]c3=O)CC12. The van der Waals surface area contributed by atoms with E-state index in [0.717, 1.165) is 35.7 Å². The van der Waals surface area contributed by atoms with Crippen LogP contribution in [0.1, 0.15) is 6.92 Å². The van der Waals surface area contributed by atoms with Crippen LogP contribution >= 0.6 is 35.0 Å². The molecule has 120 valence electrons. The van der Waals surface area contributed by atoms with Crippen LogP contribution in [0.5, 0.6) is 0 Å². The third-order valence-corrected chi connectivity index (χ3v) is 6.72. The maximum atomic E-state index is 12.3. The highest BCUT2D eigenvalue weighted by Crippen LogP contribution is 2.51. The zero-order chi connectivity index (χ0) is 16.1. The van der Waals surface area contributed by atoms with E-state index in [9.17, 15) is 4.79 Å². The van der Waals surface area contributed by atoms with Crippen molar-refractivity contribution in [3.05, 3.63) is 44.8 Å². The normalized spacial score (nSPS) is 25.5. The molecule has 2 atom stereocenters. The lowest BCUT2D eigenvalue weighted by molar-refractivity contribution is 0.679. The van der Waals surface area contributed by atoms with Crippen LogP contribution in [-0.2, 0) is 0 Å². The number of rotatable bonds is 3. The van der Waals surface area contributed by atoms with Crippen LogP contribution < -0.4 is 10.5 Å². The van der Waals surface area contributed by atoms with E-state index < -0.39 is 0 Å². The Labute approximate surface area is 148 Å². The zero-order valence-electron chi connectivity index (χ0n) is 12.4. The number of halogens is 2. The molecule has 2 fully saturated rings. The van der Waals surface area contributed by atoms with Crippen LogP contribution in [0.25, 0.3) is 0 Å². The molecule has 1 aliphatic carbocycles. The Balaban J connectivity index is 1.54. The number of benzene rings is 1. The molecule has 4 rings (SSSR count). The molecule has 0 amide bonds. The summed E-state index contributed by atoms with van der Waals surface area (Å²) in [5, 5.41) is 1.63. The van der Waals surface area contributed by atoms with Gasteiger partial charge >= 0.3 is 0 Å². The fourth-order valence-corrected chi connectivity index (χ4v) is 4.64. The molecule has 4 nitrogen and oxygen atoms in total. The number of hydrogen-bond donors (Lipinski definition) is 1. The van der Waals surface area contributed by atoms with Crippen molar-refractivity contribution >= 4 is 40.8 Å². The fourth-order valence-electron chi connectivity index (χ4n) is 3.33. The van der Waals surface area contributed by atoms with Gasteiger partial charge in [0, 0.05) is 18.0 Å². The molecule has 2 unspecified atom stereocenters. The van der Waals surface area contributed by atoms with Crippen molar-refractivity contribution in [1.82, 2.24) is 9.97 Å². The van der Waals surface area contributed by atoms with Crippen molar-refractivity contribution in [3.63, 3.8) is 0 Å². The molecule has 2 heterocycles. The summed E-state index contributed by atoms with van der Waals surface area (Å²) in [6.07, 6.45) is 1.69. The summed E-state index contributed by atoms with van der Waals surface area (Å²) in [5.41, 5.74) is -0.151. The van der Waals surface area contributed by atoms with Gasteiger partial charge in [-0.15, -0.1) is 0 Å². The Morgan fingerprint density at radius 3 is 2.74 bits per heavy atom. The average molecular weight is 368 g/mol. The number of aromatic nitrogens is 2. The van der Waals surface area contributed by atoms with E-state index in [2.05, 4.69) is 21.8 Å². The van der Waals surface area contributed by atoms with Crippen LogP contribution in [0.3, 0.4) is 0 Å². The average Bonchev–Trinajstić information content (AvgIpc) is 2.95. The van der Waals surface area contributed by atoms with Gasteiger partial charge < -0.3 is 9.88 Å². The lowest BCUT2D eigenvalue weighted by Gasteiger charge is -2.19. The van der Waals surface area contributed by atoms with Crippen LogP contribution in [0.15, 0.2) is 39.1 Å². The zero-order valence-corrected chi connectivity index (χ0v) is 14.8. The molecule has 1 N–H and O–H groups in total. The first-order chi connectivity index (χ1) is 11.0. The predicted octanol–water partition coefficient (Wildman–Crippen LogP) is 3.93. The molecule has 7 heteroatoms. The van der Waals surface area contributed by atoms with Gasteiger partial charge in [0.05, 0.1) is 21.3 Å². The number of fused-ring (bicyclic) bond motifs is 1. The Morgan fingerprint density at radius 1 is 1.30 bits per heavy atom. The lowest BCUT2D eigenvalue weighted by Crippen LogP contribution is -2.30. The van der Waals surface area contributed by atoms with E-state index in [1.165, 1.54) is 11.8 Å². The second-order valence-corrected chi connectivity index (χ2v) is 8.01. The van der Waals surface area contributed by atoms with Crippen LogP contribution in [0.2, 0.25) is 10.0 Å². The summed E-state index contributed by atoms with van der Waals surface area (Å²) in [7, 11) is 0. The Kier molecular flexibility index (Phi) is 3.82. The summed E-state index contributed by atoms with van der Waals surface area (Å²) in [5.74, 6) is 2.78. The molecule has 1 aromatic carbocycles. The van der Waals surface area contributed by atoms with Gasteiger partial charge in [0.1, 0.15) is 0 Å². The molecule has 23 heavy (non-hydrogen) atoms. The van der Waals surface area contributed by atoms with Crippen LogP contribution in [0, 0.1) is 17.8 Å². The molecule has 2 aliphatic rings. The van der Waals surface area contributed by atoms with Gasteiger partial charge in [-0.25, -0.2) is 4.98 Å². The van der Waals surface area contributed by atoms with Gasteiger partial charge in [-0.05, 0) is 29.9 Å². The summed E-state index contributed by atoms with van der Waals surface area (Å²) in [6.45, 7) is 4.15. The van der Waals surface area contributed by atoms with Gasteiger partial charge in [-0.2, -0.15) is 0 Å². The van der Waals surface area contributed by atoms with E-state index in [0.29, 0.717) is 20.9 Å². The molecule has 1 aromatic heterocycles. The van der Waals surface area contributed by atoms with Crippen molar-refractivity contribution in [2.45, 2.75) is 16.8 Å². The number of nitrogens with zero attached hydrogens (tertiary/aromatic N) is 2.